The third kappa shape index (κ3) is 2.50. The van der Waals surface area contributed by atoms with Crippen molar-refractivity contribution in [2.24, 2.45) is 0 Å². The van der Waals surface area contributed by atoms with Crippen LogP contribution in [0.25, 0.3) is 0 Å². The van der Waals surface area contributed by atoms with Crippen molar-refractivity contribution in [1.82, 2.24) is 0 Å². The second kappa shape index (κ2) is 4.05. The zero-order valence-electron chi connectivity index (χ0n) is 8.70. The number of anilines is 3. The molecule has 0 aliphatic carbocycles. The van der Waals surface area contributed by atoms with Gasteiger partial charge in [-0.25, -0.2) is 0 Å². The molecule has 3 N–H and O–H groups in total. The van der Waals surface area contributed by atoms with Crippen LogP contribution in [0.4, 0.5) is 17.1 Å². The lowest BCUT2D eigenvalue weighted by Crippen LogP contribution is -1.91. The Morgan fingerprint density at radius 3 is 2.33 bits per heavy atom. The fourth-order valence-electron chi connectivity index (χ4n) is 1.42. The van der Waals surface area contributed by atoms with Gasteiger partial charge in [0.05, 0.1) is 0 Å². The summed E-state index contributed by atoms with van der Waals surface area (Å²) in [6.45, 7) is 2.07. The van der Waals surface area contributed by atoms with Crippen molar-refractivity contribution < 1.29 is 0 Å². The molecule has 0 bridgehead atoms. The van der Waals surface area contributed by atoms with Gasteiger partial charge in [-0.05, 0) is 37.3 Å². The Hall–Kier alpha value is -1.96. The van der Waals surface area contributed by atoms with Crippen LogP contribution < -0.4 is 11.1 Å². The van der Waals surface area contributed by atoms with Crippen molar-refractivity contribution in [2.75, 3.05) is 11.1 Å². The molecular weight excluding hydrogens is 184 g/mol. The summed E-state index contributed by atoms with van der Waals surface area (Å²) in [5, 5.41) is 3.29. The first-order valence-corrected chi connectivity index (χ1v) is 4.93. The molecular formula is C13H14N2. The van der Waals surface area contributed by atoms with Crippen molar-refractivity contribution in [3.63, 3.8) is 0 Å². The summed E-state index contributed by atoms with van der Waals surface area (Å²) in [5.41, 5.74) is 9.81. The third-order valence-corrected chi connectivity index (χ3v) is 2.23. The maximum Gasteiger partial charge on any atom is 0.0404 e. The smallest absolute Gasteiger partial charge is 0.0404 e. The SMILES string of the molecule is Cc1ccc(Nc2cccc(N)c2)cc1. The molecule has 0 atom stereocenters. The van der Waals surface area contributed by atoms with Gasteiger partial charge in [0.1, 0.15) is 0 Å². The number of hydrogen-bond acceptors (Lipinski definition) is 2. The van der Waals surface area contributed by atoms with Gasteiger partial charge < -0.3 is 11.1 Å². The van der Waals surface area contributed by atoms with Crippen LogP contribution in [0, 0.1) is 6.92 Å². The third-order valence-electron chi connectivity index (χ3n) is 2.23. The Morgan fingerprint density at radius 2 is 1.67 bits per heavy atom. The van der Waals surface area contributed by atoms with Gasteiger partial charge >= 0.3 is 0 Å². The van der Waals surface area contributed by atoms with Crippen LogP contribution in [0.5, 0.6) is 0 Å². The first-order chi connectivity index (χ1) is 7.24. The lowest BCUT2D eigenvalue weighted by Gasteiger charge is -2.07. The molecule has 76 valence electrons. The molecule has 15 heavy (non-hydrogen) atoms. The van der Waals surface area contributed by atoms with Crippen molar-refractivity contribution in [3.05, 3.63) is 54.1 Å². The molecule has 0 heterocycles. The number of hydrogen-bond donors (Lipinski definition) is 2. The van der Waals surface area contributed by atoms with Crippen LogP contribution in [0.2, 0.25) is 0 Å². The van der Waals surface area contributed by atoms with Crippen LogP contribution in [0.3, 0.4) is 0 Å². The average Bonchev–Trinajstić information content (AvgIpc) is 2.22. The largest absolute Gasteiger partial charge is 0.399 e. The van der Waals surface area contributed by atoms with Crippen molar-refractivity contribution in [1.29, 1.82) is 0 Å². The quantitative estimate of drug-likeness (QED) is 0.726. The van der Waals surface area contributed by atoms with Crippen LogP contribution in [-0.4, -0.2) is 0 Å². The van der Waals surface area contributed by atoms with E-state index in [1.807, 2.05) is 24.3 Å². The van der Waals surface area contributed by atoms with Crippen molar-refractivity contribution in [2.45, 2.75) is 6.92 Å². The highest BCUT2D eigenvalue weighted by Crippen LogP contribution is 2.18. The van der Waals surface area contributed by atoms with E-state index < -0.39 is 0 Å². The first-order valence-electron chi connectivity index (χ1n) is 4.93. The van der Waals surface area contributed by atoms with Crippen LogP contribution >= 0.6 is 0 Å². The topological polar surface area (TPSA) is 38.0 Å². The van der Waals surface area contributed by atoms with E-state index in [2.05, 4.69) is 36.5 Å². The molecule has 2 heteroatoms. The number of rotatable bonds is 2. The highest BCUT2D eigenvalue weighted by atomic mass is 14.9. The number of nitrogens with two attached hydrogens (primary N) is 1. The Morgan fingerprint density at radius 1 is 0.933 bits per heavy atom. The standard InChI is InChI=1S/C13H14N2/c1-10-5-7-12(8-6-10)15-13-4-2-3-11(14)9-13/h2-9,15H,14H2,1H3. The molecule has 0 aliphatic heterocycles. The van der Waals surface area contributed by atoms with Gasteiger partial charge in [0, 0.05) is 17.1 Å². The second-order valence-electron chi connectivity index (χ2n) is 3.62. The van der Waals surface area contributed by atoms with E-state index in [4.69, 9.17) is 5.73 Å². The van der Waals surface area contributed by atoms with E-state index in [1.165, 1.54) is 5.56 Å². The normalized spacial score (nSPS) is 9.93. The minimum absolute atomic E-state index is 0.770. The van der Waals surface area contributed by atoms with Crippen molar-refractivity contribution >= 4 is 17.1 Å². The molecule has 2 aromatic carbocycles. The predicted octanol–water partition coefficient (Wildman–Crippen LogP) is 3.32. The van der Waals surface area contributed by atoms with Gasteiger partial charge in [-0.1, -0.05) is 23.8 Å². The first kappa shape index (κ1) is 9.59. The predicted molar refractivity (Wildman–Crippen MR) is 65.3 cm³/mol. The molecule has 0 fully saturated rings. The lowest BCUT2D eigenvalue weighted by atomic mass is 10.2. The minimum atomic E-state index is 0.770. The summed E-state index contributed by atoms with van der Waals surface area (Å²) in [7, 11) is 0. The minimum Gasteiger partial charge on any atom is -0.399 e. The molecule has 0 radical (unpaired) electrons. The van der Waals surface area contributed by atoms with Gasteiger partial charge in [-0.3, -0.25) is 0 Å². The Balaban J connectivity index is 2.18. The maximum absolute atomic E-state index is 5.70. The number of nitrogens with one attached hydrogen (secondary N) is 1. The van der Waals surface area contributed by atoms with E-state index >= 15 is 0 Å². The van der Waals surface area contributed by atoms with Gasteiger partial charge in [0.25, 0.3) is 0 Å². The monoisotopic (exact) mass is 198 g/mol. The van der Waals surface area contributed by atoms with Crippen LogP contribution in [0.1, 0.15) is 5.56 Å². The van der Waals surface area contributed by atoms with Gasteiger partial charge in [-0.15, -0.1) is 0 Å². The average molecular weight is 198 g/mol. The number of nitrogen functional groups attached to an aromatic ring is 1. The molecule has 2 rings (SSSR count). The summed E-state index contributed by atoms with van der Waals surface area (Å²) >= 11 is 0. The van der Waals surface area contributed by atoms with Gasteiger partial charge in [0.15, 0.2) is 0 Å². The fraction of sp³-hybridized carbons (Fsp3) is 0.0769. The van der Waals surface area contributed by atoms with Gasteiger partial charge in [-0.2, -0.15) is 0 Å². The Labute approximate surface area is 89.7 Å². The van der Waals surface area contributed by atoms with E-state index in [0.717, 1.165) is 17.1 Å². The zero-order valence-corrected chi connectivity index (χ0v) is 8.70. The molecule has 2 nitrogen and oxygen atoms in total. The van der Waals surface area contributed by atoms with E-state index in [9.17, 15) is 0 Å². The lowest BCUT2D eigenvalue weighted by molar-refractivity contribution is 1.45. The Kier molecular flexibility index (Phi) is 2.59. The number of aryl methyl sites for hydroxylation is 1. The summed E-state index contributed by atoms with van der Waals surface area (Å²) in [4.78, 5) is 0. The second-order valence-corrected chi connectivity index (χ2v) is 3.62. The van der Waals surface area contributed by atoms with Gasteiger partial charge in [0.2, 0.25) is 0 Å². The molecule has 0 aliphatic rings. The molecule has 0 saturated heterocycles. The molecule has 0 amide bonds. The van der Waals surface area contributed by atoms with E-state index in [1.54, 1.807) is 0 Å². The molecule has 0 saturated carbocycles. The van der Waals surface area contributed by atoms with Crippen LogP contribution in [0.15, 0.2) is 48.5 Å². The van der Waals surface area contributed by atoms with E-state index in [0.29, 0.717) is 0 Å². The number of benzene rings is 2. The Bertz CT molecular complexity index is 446. The molecule has 0 unspecified atom stereocenters. The van der Waals surface area contributed by atoms with E-state index in [-0.39, 0.29) is 0 Å². The molecule has 2 aromatic rings. The zero-order chi connectivity index (χ0) is 10.7. The summed E-state index contributed by atoms with van der Waals surface area (Å²) in [6, 6.07) is 16.0. The summed E-state index contributed by atoms with van der Waals surface area (Å²) in [6.07, 6.45) is 0. The molecule has 0 spiro atoms. The summed E-state index contributed by atoms with van der Waals surface area (Å²) < 4.78 is 0. The maximum atomic E-state index is 5.70. The highest BCUT2D eigenvalue weighted by Gasteiger charge is 1.94. The molecule has 0 aromatic heterocycles. The van der Waals surface area contributed by atoms with Crippen molar-refractivity contribution in [3.8, 4) is 0 Å². The summed E-state index contributed by atoms with van der Waals surface area (Å²) in [5.74, 6) is 0. The highest BCUT2D eigenvalue weighted by molar-refractivity contribution is 5.63. The van der Waals surface area contributed by atoms with Crippen LogP contribution in [-0.2, 0) is 0 Å². The fourth-order valence-corrected chi connectivity index (χ4v) is 1.42.